The molecular formula is C31H30N6O8. The summed E-state index contributed by atoms with van der Waals surface area (Å²) in [5.74, 6) is -0.867. The molecule has 232 valence electrons. The zero-order chi connectivity index (χ0) is 32.2. The number of benzene rings is 3. The van der Waals surface area contributed by atoms with E-state index in [4.69, 9.17) is 26.0 Å². The van der Waals surface area contributed by atoms with Crippen LogP contribution in [0.15, 0.2) is 72.8 Å². The molecule has 3 aromatic carbocycles. The van der Waals surface area contributed by atoms with Crippen molar-refractivity contribution >= 4 is 35.2 Å². The van der Waals surface area contributed by atoms with Gasteiger partial charge in [0, 0.05) is 28.6 Å². The maximum Gasteiger partial charge on any atom is 0.335 e. The number of aliphatic hydroxyl groups excluding tert-OH is 4. The number of hydrogen-bond acceptors (Lipinski definition) is 13. The molecule has 5 rings (SSSR count). The fourth-order valence-electron chi connectivity index (χ4n) is 4.74. The fraction of sp³-hybridized carbons (Fsp3) is 0.194. The van der Waals surface area contributed by atoms with Gasteiger partial charge in [-0.05, 0) is 42.5 Å². The third kappa shape index (κ3) is 6.50. The van der Waals surface area contributed by atoms with Crippen LogP contribution in [-0.2, 0) is 4.74 Å². The molecule has 1 aliphatic rings. The van der Waals surface area contributed by atoms with Crippen molar-refractivity contribution in [3.8, 4) is 17.1 Å². The fourth-order valence-corrected chi connectivity index (χ4v) is 4.74. The summed E-state index contributed by atoms with van der Waals surface area (Å²) >= 11 is 0. The number of carbonyl (C=O) groups is 1. The number of nitrogen functional groups attached to an aromatic ring is 1. The van der Waals surface area contributed by atoms with Crippen LogP contribution >= 0.6 is 0 Å². The minimum atomic E-state index is -1.65. The van der Waals surface area contributed by atoms with E-state index in [-0.39, 0.29) is 45.6 Å². The van der Waals surface area contributed by atoms with Crippen molar-refractivity contribution in [3.63, 3.8) is 0 Å². The molecule has 0 amide bonds. The smallest absolute Gasteiger partial charge is 0.335 e. The van der Waals surface area contributed by atoms with Crippen LogP contribution in [0.5, 0.6) is 5.75 Å². The van der Waals surface area contributed by atoms with E-state index >= 15 is 0 Å². The van der Waals surface area contributed by atoms with E-state index in [0.717, 1.165) is 6.21 Å². The van der Waals surface area contributed by atoms with Gasteiger partial charge in [-0.3, -0.25) is 5.41 Å². The summed E-state index contributed by atoms with van der Waals surface area (Å²) in [6, 6.07) is 19.2. The van der Waals surface area contributed by atoms with Gasteiger partial charge in [0.1, 0.15) is 41.8 Å². The van der Waals surface area contributed by atoms with Crippen LogP contribution < -0.4 is 15.8 Å². The minimum absolute atomic E-state index is 0.0243. The standard InChI is InChI=1S/C31H30N6O8/c32-13-17-8-11-19(44-31-26(41)25(40)24(39)21(14-38)45-31)12-20(17)28-36-27(34)22(23(33)15-4-2-1-3-5-15)29(37-28)35-18-9-6-16(7-10-18)30(42)43/h1-13,21,24-26,31-33,38-41H,14H2,(H,42,43)(H3,34,35,36,37). The predicted octanol–water partition coefficient (Wildman–Crippen LogP) is 1.76. The summed E-state index contributed by atoms with van der Waals surface area (Å²) < 4.78 is 11.2. The van der Waals surface area contributed by atoms with E-state index < -0.39 is 43.3 Å². The number of anilines is 3. The van der Waals surface area contributed by atoms with Crippen LogP contribution in [0.2, 0.25) is 0 Å². The number of ether oxygens (including phenoxy) is 2. The van der Waals surface area contributed by atoms with Gasteiger partial charge in [-0.2, -0.15) is 0 Å². The number of hydrogen-bond donors (Lipinski definition) is 9. The number of aliphatic hydroxyl groups is 4. The highest BCUT2D eigenvalue weighted by atomic mass is 16.7. The molecule has 1 fully saturated rings. The SMILES string of the molecule is N=Cc1ccc(OC2OC(CO)C(O)C(O)C2O)cc1-c1nc(N)c(C(=N)c2ccccc2)c(Nc2ccc(C(=O)O)cc2)n1. The van der Waals surface area contributed by atoms with Gasteiger partial charge in [-0.25, -0.2) is 14.8 Å². The van der Waals surface area contributed by atoms with E-state index in [1.165, 1.54) is 42.5 Å². The molecule has 0 radical (unpaired) electrons. The Hall–Kier alpha value is -5.25. The largest absolute Gasteiger partial charge is 0.478 e. The Bertz CT molecular complexity index is 1720. The Morgan fingerprint density at radius 2 is 1.69 bits per heavy atom. The highest BCUT2D eigenvalue weighted by Crippen LogP contribution is 2.33. The molecule has 1 aromatic heterocycles. The molecule has 0 bridgehead atoms. The zero-order valence-corrected chi connectivity index (χ0v) is 23.5. The Morgan fingerprint density at radius 3 is 2.33 bits per heavy atom. The molecule has 0 saturated carbocycles. The molecule has 1 aliphatic heterocycles. The van der Waals surface area contributed by atoms with Crippen LogP contribution in [0.1, 0.15) is 27.0 Å². The van der Waals surface area contributed by atoms with Crippen molar-refractivity contribution in [2.45, 2.75) is 30.7 Å². The minimum Gasteiger partial charge on any atom is -0.478 e. The first-order chi connectivity index (χ1) is 21.6. The first-order valence-electron chi connectivity index (χ1n) is 13.7. The van der Waals surface area contributed by atoms with Gasteiger partial charge >= 0.3 is 5.97 Å². The van der Waals surface area contributed by atoms with E-state index in [9.17, 15) is 30.3 Å². The number of nitrogens with one attached hydrogen (secondary N) is 3. The number of carboxylic acids is 1. The first kappa shape index (κ1) is 31.2. The van der Waals surface area contributed by atoms with E-state index in [2.05, 4.69) is 15.3 Å². The number of aromatic carboxylic acids is 1. The van der Waals surface area contributed by atoms with Crippen molar-refractivity contribution in [2.24, 2.45) is 0 Å². The zero-order valence-electron chi connectivity index (χ0n) is 23.5. The Labute approximate surface area is 256 Å². The lowest BCUT2D eigenvalue weighted by atomic mass is 9.99. The van der Waals surface area contributed by atoms with Gasteiger partial charge in [0.25, 0.3) is 0 Å². The molecule has 0 aliphatic carbocycles. The first-order valence-corrected chi connectivity index (χ1v) is 13.7. The molecule has 14 heteroatoms. The van der Waals surface area contributed by atoms with E-state index in [0.29, 0.717) is 16.8 Å². The number of aromatic nitrogens is 2. The van der Waals surface area contributed by atoms with Crippen molar-refractivity contribution in [3.05, 3.63) is 95.1 Å². The van der Waals surface area contributed by atoms with Gasteiger partial charge in [0.15, 0.2) is 5.82 Å². The van der Waals surface area contributed by atoms with Crippen molar-refractivity contribution < 1.29 is 39.8 Å². The summed E-state index contributed by atoms with van der Waals surface area (Å²) in [6.45, 7) is -0.630. The Balaban J connectivity index is 1.56. The van der Waals surface area contributed by atoms with E-state index in [1.807, 2.05) is 0 Å². The Kier molecular flexibility index (Phi) is 9.13. The molecule has 0 spiro atoms. The topological polar surface area (TPSA) is 248 Å². The molecule has 2 heterocycles. The summed E-state index contributed by atoms with van der Waals surface area (Å²) in [6.07, 6.45) is -6.42. The van der Waals surface area contributed by atoms with Crippen molar-refractivity contribution in [2.75, 3.05) is 17.7 Å². The lowest BCUT2D eigenvalue weighted by molar-refractivity contribution is -0.277. The van der Waals surface area contributed by atoms with Gasteiger partial charge in [0.05, 0.1) is 23.4 Å². The molecule has 4 aromatic rings. The number of nitrogens with two attached hydrogens (primary N) is 1. The summed E-state index contributed by atoms with van der Waals surface area (Å²) in [5, 5.41) is 69.4. The number of nitrogens with zero attached hydrogens (tertiary/aromatic N) is 2. The third-order valence-corrected chi connectivity index (χ3v) is 7.17. The van der Waals surface area contributed by atoms with Gasteiger partial charge in [0.2, 0.25) is 6.29 Å². The quantitative estimate of drug-likeness (QED) is 0.116. The second-order valence-corrected chi connectivity index (χ2v) is 10.1. The van der Waals surface area contributed by atoms with E-state index in [1.54, 1.807) is 30.3 Å². The Morgan fingerprint density at radius 1 is 0.978 bits per heavy atom. The summed E-state index contributed by atoms with van der Waals surface area (Å²) in [7, 11) is 0. The molecule has 5 atom stereocenters. The highest BCUT2D eigenvalue weighted by Gasteiger charge is 2.44. The molecule has 14 nitrogen and oxygen atoms in total. The van der Waals surface area contributed by atoms with Crippen molar-refractivity contribution in [1.29, 1.82) is 10.8 Å². The number of rotatable bonds is 10. The summed E-state index contributed by atoms with van der Waals surface area (Å²) in [4.78, 5) is 20.4. The van der Waals surface area contributed by atoms with Crippen LogP contribution in [0, 0.1) is 10.8 Å². The van der Waals surface area contributed by atoms with Gasteiger partial charge in [-0.1, -0.05) is 30.3 Å². The highest BCUT2D eigenvalue weighted by molar-refractivity contribution is 6.16. The molecule has 5 unspecified atom stereocenters. The lowest BCUT2D eigenvalue weighted by Crippen LogP contribution is -2.60. The van der Waals surface area contributed by atoms with Crippen LogP contribution in [0.4, 0.5) is 17.3 Å². The second kappa shape index (κ2) is 13.2. The second-order valence-electron chi connectivity index (χ2n) is 10.1. The van der Waals surface area contributed by atoms with Crippen LogP contribution in [-0.4, -0.2) is 90.7 Å². The van der Waals surface area contributed by atoms with Crippen LogP contribution in [0.3, 0.4) is 0 Å². The normalized spacial score (nSPS) is 21.1. The average Bonchev–Trinajstić information content (AvgIpc) is 3.05. The maximum atomic E-state index is 11.3. The maximum absolute atomic E-state index is 11.3. The summed E-state index contributed by atoms with van der Waals surface area (Å²) in [5.41, 5.74) is 8.36. The van der Waals surface area contributed by atoms with Gasteiger partial charge < -0.3 is 51.5 Å². The lowest BCUT2D eigenvalue weighted by Gasteiger charge is -2.39. The van der Waals surface area contributed by atoms with Crippen molar-refractivity contribution in [1.82, 2.24) is 9.97 Å². The predicted molar refractivity (Wildman–Crippen MR) is 163 cm³/mol. The average molecular weight is 615 g/mol. The molecule has 10 N–H and O–H groups in total. The van der Waals surface area contributed by atoms with Crippen LogP contribution in [0.25, 0.3) is 11.4 Å². The third-order valence-electron chi connectivity index (χ3n) is 7.17. The monoisotopic (exact) mass is 614 g/mol. The van der Waals surface area contributed by atoms with Gasteiger partial charge in [-0.15, -0.1) is 0 Å². The molecule has 1 saturated heterocycles. The molecule has 45 heavy (non-hydrogen) atoms. The number of carboxylic acid groups (broad SMARTS) is 1. The molecular weight excluding hydrogens is 584 g/mol.